The van der Waals surface area contributed by atoms with Crippen LogP contribution in [-0.2, 0) is 10.1 Å². The van der Waals surface area contributed by atoms with Gasteiger partial charge in [0.15, 0.2) is 11.5 Å². The summed E-state index contributed by atoms with van der Waals surface area (Å²) in [7, 11) is -2.60. The third kappa shape index (κ3) is 6.61. The molecule has 35 heavy (non-hydrogen) atoms. The molecule has 184 valence electrons. The number of rotatable bonds is 9. The van der Waals surface area contributed by atoms with E-state index in [1.807, 2.05) is 13.8 Å². The van der Waals surface area contributed by atoms with Crippen molar-refractivity contribution in [2.24, 2.45) is 5.10 Å². The van der Waals surface area contributed by atoms with Crippen molar-refractivity contribution >= 4 is 38.2 Å². The van der Waals surface area contributed by atoms with Crippen LogP contribution in [0.3, 0.4) is 0 Å². The van der Waals surface area contributed by atoms with E-state index in [1.165, 1.54) is 25.5 Å². The second-order valence-electron chi connectivity index (χ2n) is 7.52. The van der Waals surface area contributed by atoms with Crippen molar-refractivity contribution in [1.29, 1.82) is 0 Å². The largest absolute Gasteiger partial charge is 0.496 e. The number of hydrazone groups is 1. The SMILES string of the molecule is CCOc1cc(/C=N\NC(=O)c2ccc(C)cc2OC)cc(Br)c1OS(=O)(=O)c1ccc(C)cc1. The van der Waals surface area contributed by atoms with Crippen molar-refractivity contribution in [2.75, 3.05) is 13.7 Å². The zero-order valence-corrected chi connectivity index (χ0v) is 22.1. The molecule has 8 nitrogen and oxygen atoms in total. The van der Waals surface area contributed by atoms with E-state index < -0.39 is 16.0 Å². The zero-order valence-electron chi connectivity index (χ0n) is 19.7. The molecule has 0 radical (unpaired) electrons. The molecular formula is C25H25BrN2O6S. The molecule has 0 aliphatic heterocycles. The normalized spacial score (nSPS) is 11.3. The van der Waals surface area contributed by atoms with Crippen LogP contribution in [0.2, 0.25) is 0 Å². The average Bonchev–Trinajstić information content (AvgIpc) is 2.81. The summed E-state index contributed by atoms with van der Waals surface area (Å²) in [5, 5.41) is 4.00. The van der Waals surface area contributed by atoms with Crippen LogP contribution in [0.15, 0.2) is 69.1 Å². The zero-order chi connectivity index (χ0) is 25.6. The molecule has 0 atom stereocenters. The van der Waals surface area contributed by atoms with Gasteiger partial charge in [-0.1, -0.05) is 23.8 Å². The van der Waals surface area contributed by atoms with Gasteiger partial charge in [0.2, 0.25) is 0 Å². The minimum atomic E-state index is -4.09. The number of hydrogen-bond donors (Lipinski definition) is 1. The molecule has 0 aliphatic rings. The number of aryl methyl sites for hydroxylation is 2. The van der Waals surface area contributed by atoms with Crippen LogP contribution in [0, 0.1) is 13.8 Å². The maximum absolute atomic E-state index is 12.8. The quantitative estimate of drug-likeness (QED) is 0.224. The number of ether oxygens (including phenoxy) is 2. The van der Waals surface area contributed by atoms with Crippen LogP contribution in [0.4, 0.5) is 0 Å². The summed E-state index contributed by atoms with van der Waals surface area (Å²) in [6.45, 7) is 5.80. The highest BCUT2D eigenvalue weighted by atomic mass is 79.9. The molecule has 3 aromatic carbocycles. The van der Waals surface area contributed by atoms with E-state index in [2.05, 4.69) is 26.5 Å². The minimum Gasteiger partial charge on any atom is -0.496 e. The molecule has 0 fully saturated rings. The summed E-state index contributed by atoms with van der Waals surface area (Å²) in [6, 6.07) is 14.7. The van der Waals surface area contributed by atoms with Gasteiger partial charge in [0.05, 0.1) is 30.0 Å². The Morgan fingerprint density at radius 3 is 2.37 bits per heavy atom. The van der Waals surface area contributed by atoms with Gasteiger partial charge in [-0.05, 0) is 84.2 Å². The second kappa shape index (κ2) is 11.4. The summed E-state index contributed by atoms with van der Waals surface area (Å²) < 4.78 is 42.2. The van der Waals surface area contributed by atoms with Gasteiger partial charge in [0, 0.05) is 0 Å². The lowest BCUT2D eigenvalue weighted by Gasteiger charge is -2.14. The van der Waals surface area contributed by atoms with E-state index >= 15 is 0 Å². The fourth-order valence-corrected chi connectivity index (χ4v) is 4.69. The molecular weight excluding hydrogens is 536 g/mol. The first-order valence-electron chi connectivity index (χ1n) is 10.6. The molecule has 0 saturated heterocycles. The Balaban J connectivity index is 1.83. The Kier molecular flexibility index (Phi) is 8.52. The van der Waals surface area contributed by atoms with Crippen molar-refractivity contribution in [2.45, 2.75) is 25.7 Å². The average molecular weight is 561 g/mol. The number of hydrogen-bond acceptors (Lipinski definition) is 7. The lowest BCUT2D eigenvalue weighted by molar-refractivity contribution is 0.0952. The first kappa shape index (κ1) is 26.2. The third-order valence-electron chi connectivity index (χ3n) is 4.82. The molecule has 0 unspecified atom stereocenters. The van der Waals surface area contributed by atoms with Crippen LogP contribution in [-0.4, -0.2) is 34.3 Å². The maximum atomic E-state index is 12.8. The summed E-state index contributed by atoms with van der Waals surface area (Å²) in [4.78, 5) is 12.5. The molecule has 10 heteroatoms. The molecule has 1 amide bonds. The molecule has 0 aromatic heterocycles. The molecule has 3 rings (SSSR count). The van der Waals surface area contributed by atoms with Crippen LogP contribution in [0.25, 0.3) is 0 Å². The van der Waals surface area contributed by atoms with Crippen LogP contribution in [0.1, 0.15) is 34.0 Å². The monoisotopic (exact) mass is 560 g/mol. The Hall–Kier alpha value is -3.37. The molecule has 0 heterocycles. The van der Waals surface area contributed by atoms with Gasteiger partial charge in [-0.15, -0.1) is 0 Å². The van der Waals surface area contributed by atoms with E-state index in [-0.39, 0.29) is 23.0 Å². The predicted molar refractivity (Wildman–Crippen MR) is 137 cm³/mol. The molecule has 1 N–H and O–H groups in total. The Morgan fingerprint density at radius 2 is 1.71 bits per heavy atom. The predicted octanol–water partition coefficient (Wildman–Crippen LogP) is 5.00. The molecule has 0 saturated carbocycles. The lowest BCUT2D eigenvalue weighted by atomic mass is 10.1. The summed E-state index contributed by atoms with van der Waals surface area (Å²) in [5.41, 5.74) is 5.23. The highest BCUT2D eigenvalue weighted by Crippen LogP contribution is 2.38. The summed E-state index contributed by atoms with van der Waals surface area (Å²) >= 11 is 3.35. The maximum Gasteiger partial charge on any atom is 0.339 e. The first-order valence-corrected chi connectivity index (χ1v) is 12.8. The van der Waals surface area contributed by atoms with Crippen LogP contribution < -0.4 is 19.1 Å². The van der Waals surface area contributed by atoms with Crippen molar-refractivity contribution < 1.29 is 26.9 Å². The van der Waals surface area contributed by atoms with Gasteiger partial charge in [0.25, 0.3) is 5.91 Å². The highest BCUT2D eigenvalue weighted by molar-refractivity contribution is 9.10. The number of methoxy groups -OCH3 is 1. The van der Waals surface area contributed by atoms with Gasteiger partial charge in [-0.3, -0.25) is 4.79 Å². The van der Waals surface area contributed by atoms with Crippen LogP contribution >= 0.6 is 15.9 Å². The fraction of sp³-hybridized carbons (Fsp3) is 0.200. The molecule has 0 bridgehead atoms. The van der Waals surface area contributed by atoms with E-state index in [4.69, 9.17) is 13.7 Å². The van der Waals surface area contributed by atoms with Gasteiger partial charge >= 0.3 is 10.1 Å². The number of benzene rings is 3. The standard InChI is InChI=1S/C25H25BrN2O6S/c1-5-33-23-14-18(15-27-28-25(29)20-11-8-17(3)12-22(20)32-4)13-21(26)24(23)34-35(30,31)19-9-6-16(2)7-10-19/h6-15H,5H2,1-4H3,(H,28,29)/b27-15-. The Morgan fingerprint density at radius 1 is 1.03 bits per heavy atom. The van der Waals surface area contributed by atoms with Crippen molar-refractivity contribution in [3.63, 3.8) is 0 Å². The first-order chi connectivity index (χ1) is 16.6. The number of nitrogens with one attached hydrogen (secondary N) is 1. The Labute approximate surface area is 213 Å². The van der Waals surface area contributed by atoms with Crippen LogP contribution in [0.5, 0.6) is 17.2 Å². The Bertz CT molecular complexity index is 1360. The van der Waals surface area contributed by atoms with Gasteiger partial charge < -0.3 is 13.7 Å². The number of halogens is 1. The van der Waals surface area contributed by atoms with Gasteiger partial charge in [-0.25, -0.2) is 5.43 Å². The van der Waals surface area contributed by atoms with E-state index in [9.17, 15) is 13.2 Å². The fourth-order valence-electron chi connectivity index (χ4n) is 3.08. The highest BCUT2D eigenvalue weighted by Gasteiger charge is 2.22. The molecule has 3 aromatic rings. The number of amides is 1. The minimum absolute atomic E-state index is 0.0120. The van der Waals surface area contributed by atoms with E-state index in [0.717, 1.165) is 11.1 Å². The molecule has 0 spiro atoms. The van der Waals surface area contributed by atoms with Crippen molar-refractivity contribution in [3.8, 4) is 17.2 Å². The van der Waals surface area contributed by atoms with E-state index in [0.29, 0.717) is 21.3 Å². The number of carbonyl (C=O) groups is 1. The number of carbonyl (C=O) groups excluding carboxylic acids is 1. The number of nitrogens with zero attached hydrogens (tertiary/aromatic N) is 1. The smallest absolute Gasteiger partial charge is 0.339 e. The van der Waals surface area contributed by atoms with Gasteiger partial charge in [0.1, 0.15) is 10.6 Å². The third-order valence-corrected chi connectivity index (χ3v) is 6.64. The van der Waals surface area contributed by atoms with Gasteiger partial charge in [-0.2, -0.15) is 13.5 Å². The second-order valence-corrected chi connectivity index (χ2v) is 9.92. The van der Waals surface area contributed by atoms with E-state index in [1.54, 1.807) is 49.4 Å². The molecule has 0 aliphatic carbocycles. The summed E-state index contributed by atoms with van der Waals surface area (Å²) in [5.74, 6) is 0.213. The lowest BCUT2D eigenvalue weighted by Crippen LogP contribution is -2.18. The van der Waals surface area contributed by atoms with Crippen molar-refractivity contribution in [3.05, 3.63) is 81.3 Å². The van der Waals surface area contributed by atoms with Crippen molar-refractivity contribution in [1.82, 2.24) is 5.43 Å². The summed E-state index contributed by atoms with van der Waals surface area (Å²) in [6.07, 6.45) is 1.41. The topological polar surface area (TPSA) is 103 Å².